The van der Waals surface area contributed by atoms with E-state index in [1.807, 2.05) is 6.92 Å². The van der Waals surface area contributed by atoms with Crippen LogP contribution in [-0.2, 0) is 0 Å². The lowest BCUT2D eigenvalue weighted by molar-refractivity contribution is -0.182. The van der Waals surface area contributed by atoms with E-state index in [0.717, 1.165) is 6.42 Å². The molecule has 0 bridgehead atoms. The van der Waals surface area contributed by atoms with Crippen LogP contribution in [0.25, 0.3) is 0 Å². The summed E-state index contributed by atoms with van der Waals surface area (Å²) in [6.45, 7) is 3.59. The topological polar surface area (TPSA) is 0 Å². The van der Waals surface area contributed by atoms with Gasteiger partial charge in [-0.25, -0.2) is 0 Å². The molecule has 1 rings (SSSR count). The molecule has 66 valence electrons. The summed E-state index contributed by atoms with van der Waals surface area (Å²) in [5, 5.41) is 0. The van der Waals surface area contributed by atoms with Gasteiger partial charge < -0.3 is 0 Å². The standard InChI is InChI=1S/C8H13F3/c1-5-3-6(2)7(4-5)8(9,10)11/h5-7H,3-4H2,1-2H3/t5-,6?,7?/m0/s1. The predicted octanol–water partition coefficient (Wildman–Crippen LogP) is 3.23. The molecule has 0 radical (unpaired) electrons. The lowest BCUT2D eigenvalue weighted by atomic mass is 9.98. The molecule has 0 spiro atoms. The molecule has 2 unspecified atom stereocenters. The first-order valence-electron chi connectivity index (χ1n) is 3.98. The van der Waals surface area contributed by atoms with Gasteiger partial charge in [0.15, 0.2) is 0 Å². The smallest absolute Gasteiger partial charge is 0.171 e. The Bertz CT molecular complexity index is 139. The molecule has 1 saturated carbocycles. The van der Waals surface area contributed by atoms with Crippen LogP contribution in [-0.4, -0.2) is 6.18 Å². The van der Waals surface area contributed by atoms with E-state index < -0.39 is 12.1 Å². The highest BCUT2D eigenvalue weighted by molar-refractivity contribution is 4.83. The molecular formula is C8H13F3. The van der Waals surface area contributed by atoms with Crippen LogP contribution >= 0.6 is 0 Å². The van der Waals surface area contributed by atoms with E-state index in [1.165, 1.54) is 0 Å². The Morgan fingerprint density at radius 2 is 1.64 bits per heavy atom. The van der Waals surface area contributed by atoms with E-state index in [2.05, 4.69) is 0 Å². The molecule has 0 nitrogen and oxygen atoms in total. The average molecular weight is 166 g/mol. The summed E-state index contributed by atoms with van der Waals surface area (Å²) in [7, 11) is 0. The SMILES string of the molecule is CC1C[C@H](C)CC1C(F)(F)F. The van der Waals surface area contributed by atoms with E-state index in [-0.39, 0.29) is 11.8 Å². The zero-order valence-corrected chi connectivity index (χ0v) is 6.78. The van der Waals surface area contributed by atoms with Gasteiger partial charge in [-0.15, -0.1) is 0 Å². The van der Waals surface area contributed by atoms with E-state index >= 15 is 0 Å². The van der Waals surface area contributed by atoms with Gasteiger partial charge in [-0.05, 0) is 24.7 Å². The van der Waals surface area contributed by atoms with E-state index in [4.69, 9.17) is 0 Å². The highest BCUT2D eigenvalue weighted by Crippen LogP contribution is 2.45. The Balaban J connectivity index is 2.60. The van der Waals surface area contributed by atoms with Gasteiger partial charge in [-0.3, -0.25) is 0 Å². The van der Waals surface area contributed by atoms with Gasteiger partial charge in [-0.2, -0.15) is 13.2 Å². The van der Waals surface area contributed by atoms with E-state index in [1.54, 1.807) is 6.92 Å². The Morgan fingerprint density at radius 1 is 1.09 bits per heavy atom. The number of hydrogen-bond acceptors (Lipinski definition) is 0. The maximum Gasteiger partial charge on any atom is 0.392 e. The summed E-state index contributed by atoms with van der Waals surface area (Å²) in [5.74, 6) is -0.973. The van der Waals surface area contributed by atoms with Crippen LogP contribution < -0.4 is 0 Å². The molecule has 1 fully saturated rings. The molecule has 0 saturated heterocycles. The molecule has 1 aliphatic rings. The van der Waals surface area contributed by atoms with Crippen LogP contribution in [0.1, 0.15) is 26.7 Å². The molecule has 11 heavy (non-hydrogen) atoms. The molecule has 0 N–H and O–H groups in total. The van der Waals surface area contributed by atoms with Crippen LogP contribution in [0.4, 0.5) is 13.2 Å². The minimum Gasteiger partial charge on any atom is -0.171 e. The third kappa shape index (κ3) is 1.88. The largest absolute Gasteiger partial charge is 0.392 e. The summed E-state index contributed by atoms with van der Waals surface area (Å²) >= 11 is 0. The second-order valence-electron chi connectivity index (χ2n) is 3.70. The maximum absolute atomic E-state index is 12.2. The molecule has 0 aliphatic heterocycles. The van der Waals surface area contributed by atoms with Gasteiger partial charge in [-0.1, -0.05) is 13.8 Å². The molecule has 0 amide bonds. The number of alkyl halides is 3. The number of halogens is 3. The molecule has 3 atom stereocenters. The van der Waals surface area contributed by atoms with Gasteiger partial charge >= 0.3 is 6.18 Å². The van der Waals surface area contributed by atoms with Crippen molar-refractivity contribution in [3.63, 3.8) is 0 Å². The lowest BCUT2D eigenvalue weighted by Crippen LogP contribution is -2.24. The Kier molecular flexibility index (Phi) is 2.17. The Hall–Kier alpha value is -0.210. The van der Waals surface area contributed by atoms with Gasteiger partial charge in [0.2, 0.25) is 0 Å². The van der Waals surface area contributed by atoms with Crippen LogP contribution in [0, 0.1) is 17.8 Å². The number of hydrogen-bond donors (Lipinski definition) is 0. The first kappa shape index (κ1) is 8.88. The third-order valence-corrected chi connectivity index (χ3v) is 2.54. The van der Waals surface area contributed by atoms with Crippen LogP contribution in [0.5, 0.6) is 0 Å². The Labute approximate surface area is 64.8 Å². The fourth-order valence-corrected chi connectivity index (χ4v) is 2.02. The van der Waals surface area contributed by atoms with Gasteiger partial charge in [0.25, 0.3) is 0 Å². The van der Waals surface area contributed by atoms with Crippen LogP contribution in [0.15, 0.2) is 0 Å². The first-order valence-corrected chi connectivity index (χ1v) is 3.98. The van der Waals surface area contributed by atoms with Crippen LogP contribution in [0.2, 0.25) is 0 Å². The van der Waals surface area contributed by atoms with Gasteiger partial charge in [0, 0.05) is 0 Å². The van der Waals surface area contributed by atoms with Crippen molar-refractivity contribution in [3.05, 3.63) is 0 Å². The highest BCUT2D eigenvalue weighted by Gasteiger charge is 2.46. The van der Waals surface area contributed by atoms with Crippen molar-refractivity contribution < 1.29 is 13.2 Å². The molecule has 0 aromatic carbocycles. The predicted molar refractivity (Wildman–Crippen MR) is 37.1 cm³/mol. The van der Waals surface area contributed by atoms with Crippen molar-refractivity contribution >= 4 is 0 Å². The second kappa shape index (κ2) is 2.68. The minimum atomic E-state index is -3.97. The lowest BCUT2D eigenvalue weighted by Gasteiger charge is -2.18. The van der Waals surface area contributed by atoms with Crippen molar-refractivity contribution in [1.82, 2.24) is 0 Å². The summed E-state index contributed by atoms with van der Waals surface area (Å²) in [4.78, 5) is 0. The molecular weight excluding hydrogens is 153 g/mol. The highest BCUT2D eigenvalue weighted by atomic mass is 19.4. The minimum absolute atomic E-state index is 0.176. The molecule has 0 heterocycles. The summed E-state index contributed by atoms with van der Waals surface area (Å²) < 4.78 is 36.6. The average Bonchev–Trinajstić information content (AvgIpc) is 2.08. The molecule has 0 aromatic heterocycles. The zero-order valence-electron chi connectivity index (χ0n) is 6.78. The van der Waals surface area contributed by atoms with Crippen molar-refractivity contribution in [2.75, 3.05) is 0 Å². The van der Waals surface area contributed by atoms with Gasteiger partial charge in [0.1, 0.15) is 0 Å². The summed E-state index contributed by atoms with van der Waals surface area (Å²) in [5.41, 5.74) is 0. The maximum atomic E-state index is 12.2. The fourth-order valence-electron chi connectivity index (χ4n) is 2.02. The second-order valence-corrected chi connectivity index (χ2v) is 3.70. The summed E-state index contributed by atoms with van der Waals surface area (Å²) in [6.07, 6.45) is -2.92. The van der Waals surface area contributed by atoms with Crippen molar-refractivity contribution in [3.8, 4) is 0 Å². The van der Waals surface area contributed by atoms with E-state index in [0.29, 0.717) is 6.42 Å². The van der Waals surface area contributed by atoms with Gasteiger partial charge in [0.05, 0.1) is 5.92 Å². The number of rotatable bonds is 0. The van der Waals surface area contributed by atoms with E-state index in [9.17, 15) is 13.2 Å². The quantitative estimate of drug-likeness (QED) is 0.518. The Morgan fingerprint density at radius 3 is 1.82 bits per heavy atom. The summed E-state index contributed by atoms with van der Waals surface area (Å²) in [6, 6.07) is 0. The molecule has 1 aliphatic carbocycles. The van der Waals surface area contributed by atoms with Crippen LogP contribution in [0.3, 0.4) is 0 Å². The monoisotopic (exact) mass is 166 g/mol. The zero-order chi connectivity index (χ0) is 8.65. The van der Waals surface area contributed by atoms with Crippen molar-refractivity contribution in [1.29, 1.82) is 0 Å². The van der Waals surface area contributed by atoms with Crippen molar-refractivity contribution in [2.24, 2.45) is 17.8 Å². The molecule has 0 aromatic rings. The van der Waals surface area contributed by atoms with Crippen molar-refractivity contribution in [2.45, 2.75) is 32.9 Å². The fraction of sp³-hybridized carbons (Fsp3) is 1.00. The first-order chi connectivity index (χ1) is 4.91. The third-order valence-electron chi connectivity index (χ3n) is 2.54. The molecule has 3 heteroatoms. The normalized spacial score (nSPS) is 39.5.